The molecule has 0 bridgehead atoms. The van der Waals surface area contributed by atoms with Crippen molar-refractivity contribution in [1.29, 1.82) is 0 Å². The highest BCUT2D eigenvalue weighted by molar-refractivity contribution is 7.92. The van der Waals surface area contributed by atoms with Crippen LogP contribution in [0.15, 0.2) is 42.7 Å². The Morgan fingerprint density at radius 3 is 2.60 bits per heavy atom. The van der Waals surface area contributed by atoms with Crippen LogP contribution in [0.3, 0.4) is 0 Å². The van der Waals surface area contributed by atoms with Gasteiger partial charge in [-0.05, 0) is 24.6 Å². The number of rotatable bonds is 9. The van der Waals surface area contributed by atoms with Gasteiger partial charge in [0.2, 0.25) is 15.9 Å². The predicted molar refractivity (Wildman–Crippen MR) is 118 cm³/mol. The molecule has 2 aromatic heterocycles. The van der Waals surface area contributed by atoms with E-state index in [2.05, 4.69) is 22.4 Å². The molecule has 0 aliphatic heterocycles. The second kappa shape index (κ2) is 9.25. The minimum absolute atomic E-state index is 0.280. The number of hydrogen-bond acceptors (Lipinski definition) is 5. The first kappa shape index (κ1) is 21.8. The third-order valence-corrected chi connectivity index (χ3v) is 5.81. The van der Waals surface area contributed by atoms with E-state index in [1.807, 2.05) is 25.2 Å². The second-order valence-corrected chi connectivity index (χ2v) is 9.15. The van der Waals surface area contributed by atoms with Gasteiger partial charge in [-0.25, -0.2) is 8.42 Å². The Labute approximate surface area is 176 Å². The van der Waals surface area contributed by atoms with Gasteiger partial charge in [-0.2, -0.15) is 9.51 Å². The van der Waals surface area contributed by atoms with Crippen molar-refractivity contribution >= 4 is 32.5 Å². The molecule has 1 aromatic carbocycles. The van der Waals surface area contributed by atoms with E-state index in [0.29, 0.717) is 5.69 Å². The number of carbonyl (C=O) groups excluding carboxylic acids is 1. The molecular formula is C21H27N5O3S. The predicted octanol–water partition coefficient (Wildman–Crippen LogP) is 3.40. The van der Waals surface area contributed by atoms with Crippen LogP contribution >= 0.6 is 0 Å². The summed E-state index contributed by atoms with van der Waals surface area (Å²) in [6, 6.07) is 9.26. The van der Waals surface area contributed by atoms with E-state index in [4.69, 9.17) is 0 Å². The number of nitrogens with one attached hydrogen (secondary N) is 1. The number of unbranched alkanes of at least 4 members (excludes halogenated alkanes) is 3. The lowest BCUT2D eigenvalue weighted by molar-refractivity contribution is -0.121. The highest BCUT2D eigenvalue weighted by atomic mass is 32.2. The fourth-order valence-electron chi connectivity index (χ4n) is 3.20. The second-order valence-electron chi connectivity index (χ2n) is 7.32. The number of amides is 1. The number of fused-ring (bicyclic) bond motifs is 1. The Morgan fingerprint density at radius 2 is 1.93 bits per heavy atom. The molecule has 0 unspecified atom stereocenters. The summed E-state index contributed by atoms with van der Waals surface area (Å²) < 4.78 is 27.1. The maximum absolute atomic E-state index is 12.2. The summed E-state index contributed by atoms with van der Waals surface area (Å²) in [6.45, 7) is 2.09. The molecule has 3 aromatic rings. The van der Waals surface area contributed by atoms with Gasteiger partial charge < -0.3 is 0 Å². The molecule has 0 aliphatic rings. The van der Waals surface area contributed by atoms with Crippen LogP contribution in [-0.4, -0.2) is 35.3 Å². The lowest BCUT2D eigenvalue weighted by Crippen LogP contribution is -2.45. The molecule has 8 nitrogen and oxygen atoms in total. The largest absolute Gasteiger partial charge is 0.273 e. The molecule has 0 atom stereocenters. The molecule has 1 amide bonds. The van der Waals surface area contributed by atoms with Crippen LogP contribution in [-0.2, 0) is 21.9 Å². The average Bonchev–Trinajstić information content (AvgIpc) is 3.09. The summed E-state index contributed by atoms with van der Waals surface area (Å²) in [4.78, 5) is 16.6. The number of aryl methyl sites for hydroxylation is 1. The molecule has 0 saturated heterocycles. The van der Waals surface area contributed by atoms with Gasteiger partial charge in [0.05, 0.1) is 35.5 Å². The first-order valence-corrected chi connectivity index (χ1v) is 11.8. The third-order valence-electron chi connectivity index (χ3n) is 4.84. The summed E-state index contributed by atoms with van der Waals surface area (Å²) >= 11 is 0. The molecule has 3 rings (SSSR count). The lowest BCUT2D eigenvalue weighted by atomic mass is 10.1. The fourth-order valence-corrected chi connectivity index (χ4v) is 3.96. The maximum Gasteiger partial charge on any atom is 0.249 e. The number of anilines is 1. The molecule has 2 heterocycles. The van der Waals surface area contributed by atoms with Crippen LogP contribution in [0.5, 0.6) is 0 Å². The SMILES string of the molecule is CCCCCCC(=O)NN(c1ccc(-c2ccc3cnn(C)c3c2)nc1)S(C)(=O)=O. The smallest absolute Gasteiger partial charge is 0.249 e. The highest BCUT2D eigenvalue weighted by Gasteiger charge is 2.20. The molecule has 0 aliphatic carbocycles. The Balaban J connectivity index is 1.78. The van der Waals surface area contributed by atoms with Crippen LogP contribution in [0.25, 0.3) is 22.2 Å². The van der Waals surface area contributed by atoms with E-state index >= 15 is 0 Å². The summed E-state index contributed by atoms with van der Waals surface area (Å²) in [5.41, 5.74) is 5.34. The Bertz CT molecular complexity index is 1120. The van der Waals surface area contributed by atoms with Gasteiger partial charge in [-0.3, -0.25) is 19.9 Å². The van der Waals surface area contributed by atoms with Crippen molar-refractivity contribution in [2.45, 2.75) is 39.0 Å². The zero-order valence-electron chi connectivity index (χ0n) is 17.5. The zero-order valence-corrected chi connectivity index (χ0v) is 18.3. The first-order chi connectivity index (χ1) is 14.3. The quantitative estimate of drug-likeness (QED) is 0.415. The van der Waals surface area contributed by atoms with Crippen LogP contribution in [0.2, 0.25) is 0 Å². The normalized spacial score (nSPS) is 11.6. The summed E-state index contributed by atoms with van der Waals surface area (Å²) in [7, 11) is -1.83. The molecule has 1 N–H and O–H groups in total. The van der Waals surface area contributed by atoms with Gasteiger partial charge in [-0.1, -0.05) is 38.3 Å². The van der Waals surface area contributed by atoms with Gasteiger partial charge in [0.25, 0.3) is 0 Å². The molecule has 0 spiro atoms. The Hall–Kier alpha value is -2.94. The van der Waals surface area contributed by atoms with Crippen molar-refractivity contribution in [3.63, 3.8) is 0 Å². The Morgan fingerprint density at radius 1 is 1.13 bits per heavy atom. The van der Waals surface area contributed by atoms with E-state index in [0.717, 1.165) is 52.8 Å². The third kappa shape index (κ3) is 5.15. The number of aromatic nitrogens is 3. The summed E-state index contributed by atoms with van der Waals surface area (Å²) in [5.74, 6) is -0.331. The number of benzene rings is 1. The van der Waals surface area contributed by atoms with E-state index in [-0.39, 0.29) is 18.0 Å². The highest BCUT2D eigenvalue weighted by Crippen LogP contribution is 2.24. The van der Waals surface area contributed by atoms with Crippen LogP contribution in [0.4, 0.5) is 5.69 Å². The van der Waals surface area contributed by atoms with Crippen molar-refractivity contribution in [2.24, 2.45) is 7.05 Å². The fraction of sp³-hybridized carbons (Fsp3) is 0.381. The zero-order chi connectivity index (χ0) is 21.7. The van der Waals surface area contributed by atoms with Crippen LogP contribution in [0.1, 0.15) is 39.0 Å². The standard InChI is InChI=1S/C21H27N5O3S/c1-4-5-6-7-8-21(27)24-26(30(3,28)29)18-11-12-19(22-15-18)16-9-10-17-14-23-25(2)20(17)13-16/h9-15H,4-8H2,1-3H3,(H,24,27). The number of hydrazine groups is 1. The maximum atomic E-state index is 12.2. The van der Waals surface area contributed by atoms with Gasteiger partial charge >= 0.3 is 0 Å². The number of nitrogens with zero attached hydrogens (tertiary/aromatic N) is 4. The van der Waals surface area contributed by atoms with Gasteiger partial charge in [0, 0.05) is 24.4 Å². The minimum atomic E-state index is -3.70. The number of sulfonamides is 1. The molecule has 160 valence electrons. The number of hydrogen-bond donors (Lipinski definition) is 1. The van der Waals surface area contributed by atoms with Crippen molar-refractivity contribution in [3.8, 4) is 11.3 Å². The van der Waals surface area contributed by atoms with Crippen LogP contribution in [0, 0.1) is 0 Å². The molecule has 30 heavy (non-hydrogen) atoms. The number of carbonyl (C=O) groups is 1. The monoisotopic (exact) mass is 429 g/mol. The van der Waals surface area contributed by atoms with Crippen molar-refractivity contribution < 1.29 is 13.2 Å². The van der Waals surface area contributed by atoms with E-state index in [1.54, 1.807) is 23.0 Å². The van der Waals surface area contributed by atoms with Gasteiger partial charge in [0.15, 0.2) is 0 Å². The molecule has 0 radical (unpaired) electrons. The average molecular weight is 430 g/mol. The number of pyridine rings is 1. The lowest BCUT2D eigenvalue weighted by Gasteiger charge is -2.22. The summed E-state index contributed by atoms with van der Waals surface area (Å²) in [6.07, 6.45) is 8.37. The van der Waals surface area contributed by atoms with Crippen LogP contribution < -0.4 is 9.84 Å². The van der Waals surface area contributed by atoms with E-state index in [1.165, 1.54) is 6.20 Å². The van der Waals surface area contributed by atoms with Gasteiger partial charge in [-0.15, -0.1) is 0 Å². The van der Waals surface area contributed by atoms with E-state index < -0.39 is 10.0 Å². The van der Waals surface area contributed by atoms with E-state index in [9.17, 15) is 13.2 Å². The first-order valence-electron chi connectivity index (χ1n) is 9.97. The topological polar surface area (TPSA) is 97.2 Å². The molecular weight excluding hydrogens is 402 g/mol. The van der Waals surface area contributed by atoms with Gasteiger partial charge in [0.1, 0.15) is 0 Å². The Kier molecular flexibility index (Phi) is 6.71. The van der Waals surface area contributed by atoms with Crippen molar-refractivity contribution in [1.82, 2.24) is 20.2 Å². The van der Waals surface area contributed by atoms with Crippen molar-refractivity contribution in [3.05, 3.63) is 42.7 Å². The molecule has 9 heteroatoms. The van der Waals surface area contributed by atoms with Crippen molar-refractivity contribution in [2.75, 3.05) is 10.7 Å². The molecule has 0 saturated carbocycles. The molecule has 0 fully saturated rings. The minimum Gasteiger partial charge on any atom is -0.273 e. The summed E-state index contributed by atoms with van der Waals surface area (Å²) in [5, 5.41) is 5.27.